The molecule has 0 saturated carbocycles. The van der Waals surface area contributed by atoms with Crippen molar-refractivity contribution in [2.45, 2.75) is 25.3 Å². The van der Waals surface area contributed by atoms with Crippen molar-refractivity contribution in [3.8, 4) is 0 Å². The number of nitrogens with two attached hydrogens (primary N) is 2. The largest absolute Gasteiger partial charge is 0.396 e. The lowest BCUT2D eigenvalue weighted by molar-refractivity contribution is 0.0996. The summed E-state index contributed by atoms with van der Waals surface area (Å²) in [6.45, 7) is 0.907. The standard InChI is InChI=1S/C19H21FN4O2/c20-14-10-11(15-5-1-2-9-23-15)7-8-12(14)19(26)24-16-6-3-4-13(17(16)21)18(22)25/h3-4,6-8,10,15,23H,1-2,5,9,21H2,(H2,22,25)(H,24,26)/t15-/m1/s1. The molecule has 1 atom stereocenters. The second-order valence-corrected chi connectivity index (χ2v) is 6.33. The summed E-state index contributed by atoms with van der Waals surface area (Å²) in [4.78, 5) is 23.8. The number of halogens is 1. The van der Waals surface area contributed by atoms with Gasteiger partial charge in [0.2, 0.25) is 0 Å². The van der Waals surface area contributed by atoms with Crippen LogP contribution in [0.2, 0.25) is 0 Å². The van der Waals surface area contributed by atoms with Gasteiger partial charge in [-0.05, 0) is 49.2 Å². The molecule has 26 heavy (non-hydrogen) atoms. The average Bonchev–Trinajstić information content (AvgIpc) is 2.63. The lowest BCUT2D eigenvalue weighted by Crippen LogP contribution is -2.27. The highest BCUT2D eigenvalue weighted by molar-refractivity contribution is 6.08. The van der Waals surface area contributed by atoms with E-state index in [2.05, 4.69) is 10.6 Å². The van der Waals surface area contributed by atoms with E-state index in [1.807, 2.05) is 0 Å². The zero-order chi connectivity index (χ0) is 18.7. The summed E-state index contributed by atoms with van der Waals surface area (Å²) in [5.74, 6) is -1.94. The number of hydrogen-bond acceptors (Lipinski definition) is 4. The summed E-state index contributed by atoms with van der Waals surface area (Å²) in [5.41, 5.74) is 12.2. The van der Waals surface area contributed by atoms with Crippen LogP contribution in [0.1, 0.15) is 51.6 Å². The Labute approximate surface area is 150 Å². The number of anilines is 2. The number of hydrogen-bond donors (Lipinski definition) is 4. The first-order valence-corrected chi connectivity index (χ1v) is 8.50. The van der Waals surface area contributed by atoms with Gasteiger partial charge in [-0.2, -0.15) is 0 Å². The van der Waals surface area contributed by atoms with Gasteiger partial charge in [0.1, 0.15) is 5.82 Å². The number of piperidine rings is 1. The second-order valence-electron chi connectivity index (χ2n) is 6.33. The molecular weight excluding hydrogens is 335 g/mol. The van der Waals surface area contributed by atoms with Crippen molar-refractivity contribution in [3.05, 3.63) is 58.9 Å². The number of nitrogen functional groups attached to an aromatic ring is 1. The van der Waals surface area contributed by atoms with Gasteiger partial charge in [0, 0.05) is 6.04 Å². The van der Waals surface area contributed by atoms with E-state index in [4.69, 9.17) is 11.5 Å². The molecular formula is C19H21FN4O2. The van der Waals surface area contributed by atoms with Crippen molar-refractivity contribution in [2.24, 2.45) is 5.73 Å². The molecule has 1 aliphatic rings. The quantitative estimate of drug-likeness (QED) is 0.631. The predicted octanol–water partition coefficient (Wildman–Crippen LogP) is 2.57. The Kier molecular flexibility index (Phi) is 5.18. The van der Waals surface area contributed by atoms with E-state index < -0.39 is 17.6 Å². The van der Waals surface area contributed by atoms with E-state index in [0.29, 0.717) is 0 Å². The van der Waals surface area contributed by atoms with Crippen molar-refractivity contribution in [2.75, 3.05) is 17.6 Å². The van der Waals surface area contributed by atoms with Gasteiger partial charge in [0.15, 0.2) is 0 Å². The number of rotatable bonds is 4. The molecule has 6 nitrogen and oxygen atoms in total. The van der Waals surface area contributed by atoms with Crippen LogP contribution in [0.4, 0.5) is 15.8 Å². The van der Waals surface area contributed by atoms with E-state index in [1.165, 1.54) is 24.3 Å². The number of carbonyl (C=O) groups is 2. The molecule has 3 rings (SSSR count). The summed E-state index contributed by atoms with van der Waals surface area (Å²) in [7, 11) is 0. The number of carbonyl (C=O) groups excluding carboxylic acids is 2. The summed E-state index contributed by atoms with van der Waals surface area (Å²) < 4.78 is 14.5. The zero-order valence-corrected chi connectivity index (χ0v) is 14.2. The summed E-state index contributed by atoms with van der Waals surface area (Å²) >= 11 is 0. The van der Waals surface area contributed by atoms with Gasteiger partial charge in [-0.15, -0.1) is 0 Å². The molecule has 2 aromatic carbocycles. The average molecular weight is 356 g/mol. The lowest BCUT2D eigenvalue weighted by atomic mass is 9.96. The number of primary amides is 1. The van der Waals surface area contributed by atoms with Crippen molar-refractivity contribution >= 4 is 23.2 Å². The van der Waals surface area contributed by atoms with Crippen LogP contribution in [0.3, 0.4) is 0 Å². The molecule has 0 unspecified atom stereocenters. The van der Waals surface area contributed by atoms with Crippen molar-refractivity contribution in [3.63, 3.8) is 0 Å². The zero-order valence-electron chi connectivity index (χ0n) is 14.2. The topological polar surface area (TPSA) is 110 Å². The molecule has 2 aromatic rings. The molecule has 0 aliphatic carbocycles. The Bertz CT molecular complexity index is 847. The predicted molar refractivity (Wildman–Crippen MR) is 98.3 cm³/mol. The Balaban J connectivity index is 1.80. The maximum absolute atomic E-state index is 14.5. The van der Waals surface area contributed by atoms with E-state index in [0.717, 1.165) is 31.4 Å². The molecule has 1 fully saturated rings. The molecule has 1 heterocycles. The van der Waals surface area contributed by atoms with Gasteiger partial charge in [0.25, 0.3) is 11.8 Å². The van der Waals surface area contributed by atoms with Gasteiger partial charge >= 0.3 is 0 Å². The third-order valence-corrected chi connectivity index (χ3v) is 4.57. The van der Waals surface area contributed by atoms with Crippen LogP contribution in [0.5, 0.6) is 0 Å². The summed E-state index contributed by atoms with van der Waals surface area (Å²) in [5, 5.41) is 5.88. The van der Waals surface area contributed by atoms with Crippen LogP contribution in [0.25, 0.3) is 0 Å². The van der Waals surface area contributed by atoms with Gasteiger partial charge in [-0.3, -0.25) is 9.59 Å². The Hall–Kier alpha value is -2.93. The molecule has 0 spiro atoms. The second kappa shape index (κ2) is 7.53. The van der Waals surface area contributed by atoms with Crippen LogP contribution in [-0.2, 0) is 0 Å². The molecule has 1 aliphatic heterocycles. The number of para-hydroxylation sites is 1. The number of amides is 2. The van der Waals surface area contributed by atoms with Crippen LogP contribution in [0, 0.1) is 5.82 Å². The first-order chi connectivity index (χ1) is 12.5. The highest BCUT2D eigenvalue weighted by Crippen LogP contribution is 2.26. The number of benzene rings is 2. The minimum atomic E-state index is -0.700. The van der Waals surface area contributed by atoms with E-state index in [9.17, 15) is 14.0 Å². The van der Waals surface area contributed by atoms with Gasteiger partial charge in [-0.1, -0.05) is 18.6 Å². The normalized spacial score (nSPS) is 16.9. The van der Waals surface area contributed by atoms with Crippen LogP contribution < -0.4 is 22.1 Å². The maximum atomic E-state index is 14.5. The first-order valence-electron chi connectivity index (χ1n) is 8.50. The van der Waals surface area contributed by atoms with Crippen LogP contribution in [0.15, 0.2) is 36.4 Å². The molecule has 0 bridgehead atoms. The smallest absolute Gasteiger partial charge is 0.258 e. The van der Waals surface area contributed by atoms with Crippen molar-refractivity contribution in [1.82, 2.24) is 5.32 Å². The van der Waals surface area contributed by atoms with E-state index >= 15 is 0 Å². The molecule has 1 saturated heterocycles. The van der Waals surface area contributed by atoms with Gasteiger partial charge < -0.3 is 22.1 Å². The molecule has 6 N–H and O–H groups in total. The Morgan fingerprint density at radius 3 is 2.62 bits per heavy atom. The molecule has 136 valence electrons. The summed E-state index contributed by atoms with van der Waals surface area (Å²) in [6, 6.07) is 9.24. The molecule has 0 radical (unpaired) electrons. The maximum Gasteiger partial charge on any atom is 0.258 e. The monoisotopic (exact) mass is 356 g/mol. The van der Waals surface area contributed by atoms with Gasteiger partial charge in [-0.25, -0.2) is 4.39 Å². The number of nitrogens with one attached hydrogen (secondary N) is 2. The fourth-order valence-corrected chi connectivity index (χ4v) is 3.15. The van der Waals surface area contributed by atoms with Crippen molar-refractivity contribution < 1.29 is 14.0 Å². The Morgan fingerprint density at radius 2 is 1.96 bits per heavy atom. The third-order valence-electron chi connectivity index (χ3n) is 4.57. The summed E-state index contributed by atoms with van der Waals surface area (Å²) in [6.07, 6.45) is 3.16. The minimum absolute atomic E-state index is 0.0526. The molecule has 7 heteroatoms. The van der Waals surface area contributed by atoms with Crippen LogP contribution >= 0.6 is 0 Å². The molecule has 0 aromatic heterocycles. The van der Waals surface area contributed by atoms with Gasteiger partial charge in [0.05, 0.1) is 22.5 Å². The first kappa shape index (κ1) is 17.9. The highest BCUT2D eigenvalue weighted by atomic mass is 19.1. The lowest BCUT2D eigenvalue weighted by Gasteiger charge is -2.24. The minimum Gasteiger partial charge on any atom is -0.396 e. The fourth-order valence-electron chi connectivity index (χ4n) is 3.15. The molecule has 2 amide bonds. The third kappa shape index (κ3) is 3.67. The SMILES string of the molecule is NC(=O)c1cccc(NC(=O)c2ccc([C@H]3CCCCN3)cc2F)c1N. The van der Waals surface area contributed by atoms with E-state index in [-0.39, 0.29) is 28.5 Å². The van der Waals surface area contributed by atoms with E-state index in [1.54, 1.807) is 12.1 Å². The Morgan fingerprint density at radius 1 is 1.15 bits per heavy atom. The highest BCUT2D eigenvalue weighted by Gasteiger charge is 2.19. The fraction of sp³-hybridized carbons (Fsp3) is 0.263. The van der Waals surface area contributed by atoms with Crippen molar-refractivity contribution in [1.29, 1.82) is 0 Å². The van der Waals surface area contributed by atoms with Crippen LogP contribution in [-0.4, -0.2) is 18.4 Å².